The van der Waals surface area contributed by atoms with E-state index >= 15 is 0 Å². The van der Waals surface area contributed by atoms with E-state index in [1.54, 1.807) is 0 Å². The summed E-state index contributed by atoms with van der Waals surface area (Å²) in [6.07, 6.45) is 0.782. The average molecular weight is 335 g/mol. The number of sulfonamides is 1. The highest BCUT2D eigenvalue weighted by Gasteiger charge is 2.32. The Morgan fingerprint density at radius 2 is 2.10 bits per heavy atom. The van der Waals surface area contributed by atoms with Gasteiger partial charge in [-0.3, -0.25) is 10.1 Å². The predicted octanol–water partition coefficient (Wildman–Crippen LogP) is 1.64. The van der Waals surface area contributed by atoms with Crippen LogP contribution in [-0.2, 0) is 10.0 Å². The molecule has 1 aliphatic rings. The fraction of sp³-hybridized carbons (Fsp3) is 0.500. The summed E-state index contributed by atoms with van der Waals surface area (Å²) in [6, 6.07) is 3.41. The number of aliphatic hydroxyl groups excluding tert-OH is 1. The Morgan fingerprint density at radius 1 is 1.48 bits per heavy atom. The maximum absolute atomic E-state index is 12.4. The molecule has 0 bridgehead atoms. The van der Waals surface area contributed by atoms with Crippen LogP contribution < -0.4 is 0 Å². The van der Waals surface area contributed by atoms with Crippen LogP contribution in [0.25, 0.3) is 0 Å². The smallest absolute Gasteiger partial charge is 0.289 e. The molecule has 1 aromatic rings. The van der Waals surface area contributed by atoms with E-state index in [0.29, 0.717) is 12.8 Å². The van der Waals surface area contributed by atoms with Gasteiger partial charge in [-0.05, 0) is 30.9 Å². The Hall–Kier alpha value is -1.22. The van der Waals surface area contributed by atoms with Crippen molar-refractivity contribution in [2.24, 2.45) is 5.92 Å². The predicted molar refractivity (Wildman–Crippen MR) is 76.7 cm³/mol. The summed E-state index contributed by atoms with van der Waals surface area (Å²) in [7, 11) is -2.39. The summed E-state index contributed by atoms with van der Waals surface area (Å²) in [5, 5.41) is 19.9. The topological polar surface area (TPSA) is 101 Å². The maximum atomic E-state index is 12.4. The quantitative estimate of drug-likeness (QED) is 0.651. The van der Waals surface area contributed by atoms with E-state index in [-0.39, 0.29) is 28.5 Å². The van der Waals surface area contributed by atoms with Crippen molar-refractivity contribution in [3.05, 3.63) is 33.3 Å². The van der Waals surface area contributed by atoms with Crippen molar-refractivity contribution in [3.63, 3.8) is 0 Å². The third-order valence-electron chi connectivity index (χ3n) is 3.55. The van der Waals surface area contributed by atoms with Gasteiger partial charge < -0.3 is 5.11 Å². The molecule has 0 aromatic heterocycles. The van der Waals surface area contributed by atoms with E-state index < -0.39 is 20.6 Å². The van der Waals surface area contributed by atoms with Crippen molar-refractivity contribution in [1.82, 2.24) is 4.31 Å². The van der Waals surface area contributed by atoms with E-state index in [0.717, 1.165) is 10.4 Å². The van der Waals surface area contributed by atoms with Gasteiger partial charge >= 0.3 is 0 Å². The first kappa shape index (κ1) is 16.2. The Bertz CT molecular complexity index is 658. The van der Waals surface area contributed by atoms with E-state index in [1.165, 1.54) is 19.2 Å². The van der Waals surface area contributed by atoms with Crippen LogP contribution in [0.1, 0.15) is 12.8 Å². The summed E-state index contributed by atoms with van der Waals surface area (Å²) in [4.78, 5) is 9.94. The van der Waals surface area contributed by atoms with Crippen molar-refractivity contribution >= 4 is 27.3 Å². The van der Waals surface area contributed by atoms with Gasteiger partial charge in [0.1, 0.15) is 5.02 Å². The monoisotopic (exact) mass is 334 g/mol. The highest BCUT2D eigenvalue weighted by atomic mass is 35.5. The first-order valence-electron chi connectivity index (χ1n) is 6.30. The zero-order valence-electron chi connectivity index (χ0n) is 11.3. The molecule has 0 aliphatic heterocycles. The first-order chi connectivity index (χ1) is 9.71. The lowest BCUT2D eigenvalue weighted by atomic mass is 9.82. The van der Waals surface area contributed by atoms with Crippen LogP contribution in [0.4, 0.5) is 5.69 Å². The standard InChI is InChI=1S/C12H15ClN2O5S/c1-14(7-8-4-9(16)5-8)21(19,20)10-2-3-11(13)12(6-10)15(17)18/h2-3,6,8-9,16H,4-5,7H2,1H3. The molecule has 9 heteroatoms. The highest BCUT2D eigenvalue weighted by Crippen LogP contribution is 2.31. The summed E-state index contributed by atoms with van der Waals surface area (Å²) < 4.78 is 25.9. The Balaban J connectivity index is 2.22. The van der Waals surface area contributed by atoms with Crippen LogP contribution in [0.5, 0.6) is 0 Å². The second-order valence-corrected chi connectivity index (χ2v) is 7.60. The number of hydrogen-bond acceptors (Lipinski definition) is 5. The maximum Gasteiger partial charge on any atom is 0.289 e. The molecule has 1 aromatic carbocycles. The van der Waals surface area contributed by atoms with Crippen molar-refractivity contribution in [2.75, 3.05) is 13.6 Å². The molecule has 0 radical (unpaired) electrons. The van der Waals surface area contributed by atoms with Gasteiger partial charge in [-0.15, -0.1) is 0 Å². The molecule has 2 rings (SSSR count). The van der Waals surface area contributed by atoms with Gasteiger partial charge in [0.25, 0.3) is 5.69 Å². The molecular formula is C12H15ClN2O5S. The fourth-order valence-corrected chi connectivity index (χ4v) is 3.74. The van der Waals surface area contributed by atoms with Crippen LogP contribution in [0.3, 0.4) is 0 Å². The minimum atomic E-state index is -3.81. The molecule has 0 amide bonds. The second kappa shape index (κ2) is 5.88. The lowest BCUT2D eigenvalue weighted by Crippen LogP contribution is -2.39. The number of nitrogens with zero attached hydrogens (tertiary/aromatic N) is 2. The molecule has 0 saturated heterocycles. The molecule has 1 saturated carbocycles. The number of halogens is 1. The van der Waals surface area contributed by atoms with Gasteiger partial charge in [0.2, 0.25) is 10.0 Å². The van der Waals surface area contributed by atoms with Crippen molar-refractivity contribution < 1.29 is 18.4 Å². The van der Waals surface area contributed by atoms with Gasteiger partial charge in [-0.25, -0.2) is 12.7 Å². The van der Waals surface area contributed by atoms with Gasteiger partial charge in [0.05, 0.1) is 15.9 Å². The summed E-state index contributed by atoms with van der Waals surface area (Å²) >= 11 is 5.67. The van der Waals surface area contributed by atoms with Crippen LogP contribution in [0.15, 0.2) is 23.1 Å². The molecule has 0 spiro atoms. The van der Waals surface area contributed by atoms with Crippen molar-refractivity contribution in [1.29, 1.82) is 0 Å². The molecule has 1 N–H and O–H groups in total. The van der Waals surface area contributed by atoms with Crippen LogP contribution in [-0.4, -0.2) is 42.4 Å². The van der Waals surface area contributed by atoms with E-state index in [1.807, 2.05) is 0 Å². The minimum absolute atomic E-state index is 0.108. The molecule has 1 fully saturated rings. The second-order valence-electron chi connectivity index (χ2n) is 5.15. The molecule has 0 heterocycles. The molecule has 1 aliphatic carbocycles. The summed E-state index contributed by atoms with van der Waals surface area (Å²) in [6.45, 7) is 0.274. The van der Waals surface area contributed by atoms with Crippen LogP contribution in [0, 0.1) is 16.0 Å². The van der Waals surface area contributed by atoms with Crippen molar-refractivity contribution in [2.45, 2.75) is 23.8 Å². The van der Waals surface area contributed by atoms with Crippen LogP contribution in [0.2, 0.25) is 5.02 Å². The molecule has 116 valence electrons. The SMILES string of the molecule is CN(CC1CC(O)C1)S(=O)(=O)c1ccc(Cl)c([N+](=O)[O-])c1. The van der Waals surface area contributed by atoms with E-state index in [2.05, 4.69) is 0 Å². The summed E-state index contributed by atoms with van der Waals surface area (Å²) in [5.41, 5.74) is -0.440. The fourth-order valence-electron chi connectivity index (χ4n) is 2.28. The average Bonchev–Trinajstić information content (AvgIpc) is 2.36. The zero-order chi connectivity index (χ0) is 15.8. The largest absolute Gasteiger partial charge is 0.393 e. The number of aliphatic hydroxyl groups is 1. The minimum Gasteiger partial charge on any atom is -0.393 e. The van der Waals surface area contributed by atoms with Gasteiger partial charge in [-0.2, -0.15) is 0 Å². The lowest BCUT2D eigenvalue weighted by molar-refractivity contribution is -0.384. The first-order valence-corrected chi connectivity index (χ1v) is 8.12. The number of hydrogen-bond donors (Lipinski definition) is 1. The molecule has 0 atom stereocenters. The normalized spacial score (nSPS) is 22.1. The third-order valence-corrected chi connectivity index (χ3v) is 5.69. The Morgan fingerprint density at radius 3 is 2.62 bits per heavy atom. The third kappa shape index (κ3) is 3.34. The number of nitro groups is 1. The van der Waals surface area contributed by atoms with Gasteiger partial charge in [0.15, 0.2) is 0 Å². The molecule has 7 nitrogen and oxygen atoms in total. The van der Waals surface area contributed by atoms with Crippen molar-refractivity contribution in [3.8, 4) is 0 Å². The van der Waals surface area contributed by atoms with E-state index in [9.17, 15) is 23.6 Å². The van der Waals surface area contributed by atoms with Gasteiger partial charge in [-0.1, -0.05) is 11.6 Å². The van der Waals surface area contributed by atoms with E-state index in [4.69, 9.17) is 11.6 Å². The van der Waals surface area contributed by atoms with Gasteiger partial charge in [0, 0.05) is 19.7 Å². The number of benzene rings is 1. The molecule has 0 unspecified atom stereocenters. The highest BCUT2D eigenvalue weighted by molar-refractivity contribution is 7.89. The molecular weight excluding hydrogens is 320 g/mol. The summed E-state index contributed by atoms with van der Waals surface area (Å²) in [5.74, 6) is 0.113. The number of rotatable bonds is 5. The zero-order valence-corrected chi connectivity index (χ0v) is 12.8. The number of nitro benzene ring substituents is 1. The molecule has 21 heavy (non-hydrogen) atoms. The lowest BCUT2D eigenvalue weighted by Gasteiger charge is -2.34. The van der Waals surface area contributed by atoms with Crippen LogP contribution >= 0.6 is 11.6 Å². The Kier molecular flexibility index (Phi) is 4.52. The Labute approximate surface area is 127 Å².